The monoisotopic (exact) mass is 363 g/mol. The van der Waals surface area contributed by atoms with Crippen LogP contribution in [0.1, 0.15) is 40.2 Å². The van der Waals surface area contributed by atoms with Crippen molar-refractivity contribution in [1.82, 2.24) is 15.5 Å². The molecular weight excluding hydrogens is 342 g/mol. The number of hydrogen-bond donors (Lipinski definition) is 3. The van der Waals surface area contributed by atoms with Gasteiger partial charge < -0.3 is 15.2 Å². The van der Waals surface area contributed by atoms with Crippen molar-refractivity contribution in [3.05, 3.63) is 45.7 Å². The number of halogens is 1. The van der Waals surface area contributed by atoms with E-state index >= 15 is 0 Å². The fraction of sp³-hybridized carbons (Fsp3) is 0.444. The van der Waals surface area contributed by atoms with Crippen LogP contribution >= 0.6 is 11.6 Å². The second-order valence-electron chi connectivity index (χ2n) is 6.32. The minimum atomic E-state index is -0.810. The van der Waals surface area contributed by atoms with Crippen molar-refractivity contribution in [2.45, 2.75) is 38.7 Å². The lowest BCUT2D eigenvalue weighted by atomic mass is 9.96. The number of benzene rings is 1. The number of hydrogen-bond acceptors (Lipinski definition) is 4. The summed E-state index contributed by atoms with van der Waals surface area (Å²) in [7, 11) is 0. The molecule has 1 aromatic carbocycles. The molecule has 1 aliphatic rings. The minimum absolute atomic E-state index is 0.0834. The third-order valence-electron chi connectivity index (χ3n) is 4.34. The quantitative estimate of drug-likeness (QED) is 0.735. The molecule has 134 valence electrons. The molecule has 2 aromatic rings. The van der Waals surface area contributed by atoms with Gasteiger partial charge in [-0.05, 0) is 56.4 Å². The van der Waals surface area contributed by atoms with Gasteiger partial charge in [0.1, 0.15) is 18.5 Å². The van der Waals surface area contributed by atoms with Gasteiger partial charge in [-0.3, -0.25) is 9.89 Å². The molecule has 0 bridgehead atoms. The number of ether oxygens (including phenoxy) is 1. The summed E-state index contributed by atoms with van der Waals surface area (Å²) in [6, 6.07) is 5.31. The summed E-state index contributed by atoms with van der Waals surface area (Å²) in [4.78, 5) is 12.3. The molecule has 0 fully saturated rings. The molecule has 1 aliphatic carbocycles. The normalized spacial score (nSPS) is 14.7. The zero-order chi connectivity index (χ0) is 17.8. The Kier molecular flexibility index (Phi) is 5.60. The second-order valence-corrected chi connectivity index (χ2v) is 6.73. The Morgan fingerprint density at radius 3 is 3.04 bits per heavy atom. The van der Waals surface area contributed by atoms with E-state index in [1.54, 1.807) is 12.1 Å². The van der Waals surface area contributed by atoms with Crippen molar-refractivity contribution in [2.75, 3.05) is 13.2 Å². The van der Waals surface area contributed by atoms with Gasteiger partial charge in [0.15, 0.2) is 5.69 Å². The van der Waals surface area contributed by atoms with E-state index in [1.807, 2.05) is 13.0 Å². The Morgan fingerprint density at radius 1 is 1.44 bits per heavy atom. The van der Waals surface area contributed by atoms with E-state index < -0.39 is 6.10 Å². The number of nitrogens with one attached hydrogen (secondary N) is 2. The number of fused-ring (bicyclic) bond motifs is 1. The van der Waals surface area contributed by atoms with Gasteiger partial charge in [0.2, 0.25) is 0 Å². The molecule has 0 radical (unpaired) electrons. The van der Waals surface area contributed by atoms with E-state index in [9.17, 15) is 9.90 Å². The Labute approximate surface area is 151 Å². The predicted molar refractivity (Wildman–Crippen MR) is 95.3 cm³/mol. The van der Waals surface area contributed by atoms with E-state index in [1.165, 1.54) is 0 Å². The van der Waals surface area contributed by atoms with E-state index in [4.69, 9.17) is 16.3 Å². The van der Waals surface area contributed by atoms with Crippen LogP contribution in [0.4, 0.5) is 0 Å². The van der Waals surface area contributed by atoms with Gasteiger partial charge >= 0.3 is 0 Å². The number of amides is 1. The summed E-state index contributed by atoms with van der Waals surface area (Å²) in [5.41, 5.74) is 3.41. The molecule has 0 unspecified atom stereocenters. The summed E-state index contributed by atoms with van der Waals surface area (Å²) >= 11 is 5.97. The van der Waals surface area contributed by atoms with Crippen molar-refractivity contribution in [3.63, 3.8) is 0 Å². The van der Waals surface area contributed by atoms with Crippen LogP contribution in [0, 0.1) is 6.92 Å². The van der Waals surface area contributed by atoms with E-state index in [0.29, 0.717) is 16.5 Å². The molecule has 0 saturated heterocycles. The predicted octanol–water partition coefficient (Wildman–Crippen LogP) is 2.42. The van der Waals surface area contributed by atoms with Crippen LogP contribution in [0.25, 0.3) is 0 Å². The summed E-state index contributed by atoms with van der Waals surface area (Å²) in [6.45, 7) is 2.07. The van der Waals surface area contributed by atoms with Crippen molar-refractivity contribution in [1.29, 1.82) is 0 Å². The van der Waals surface area contributed by atoms with Gasteiger partial charge in [-0.25, -0.2) is 0 Å². The number of aromatic amines is 1. The van der Waals surface area contributed by atoms with Gasteiger partial charge in [0.05, 0.1) is 0 Å². The van der Waals surface area contributed by atoms with Crippen LogP contribution in [0.3, 0.4) is 0 Å². The highest BCUT2D eigenvalue weighted by Crippen LogP contribution is 2.22. The number of aliphatic hydroxyl groups excluding tert-OH is 1. The van der Waals surface area contributed by atoms with E-state index in [-0.39, 0.29) is 19.1 Å². The Morgan fingerprint density at radius 2 is 2.24 bits per heavy atom. The fourth-order valence-corrected chi connectivity index (χ4v) is 3.04. The van der Waals surface area contributed by atoms with Crippen LogP contribution in [-0.2, 0) is 12.8 Å². The lowest BCUT2D eigenvalue weighted by Crippen LogP contribution is -2.35. The number of H-pyrrole nitrogens is 1. The number of aryl methyl sites for hydroxylation is 2. The zero-order valence-corrected chi connectivity index (χ0v) is 14.9. The molecule has 0 aliphatic heterocycles. The summed E-state index contributed by atoms with van der Waals surface area (Å²) in [5, 5.41) is 20.5. The maximum absolute atomic E-state index is 12.3. The topological polar surface area (TPSA) is 87.2 Å². The fourth-order valence-electron chi connectivity index (χ4n) is 2.92. The number of carbonyl (C=O) groups excluding carboxylic acids is 1. The van der Waals surface area contributed by atoms with Crippen molar-refractivity contribution >= 4 is 17.5 Å². The first kappa shape index (κ1) is 17.8. The van der Waals surface area contributed by atoms with Crippen molar-refractivity contribution in [3.8, 4) is 5.75 Å². The highest BCUT2D eigenvalue weighted by atomic mass is 35.5. The Hall–Kier alpha value is -2.05. The highest BCUT2D eigenvalue weighted by molar-refractivity contribution is 6.31. The number of aliphatic hydroxyl groups is 1. The third kappa shape index (κ3) is 4.32. The lowest BCUT2D eigenvalue weighted by Gasteiger charge is -2.14. The average Bonchev–Trinajstić information content (AvgIpc) is 3.05. The van der Waals surface area contributed by atoms with Crippen LogP contribution in [0.5, 0.6) is 5.75 Å². The van der Waals surface area contributed by atoms with Crippen LogP contribution in [-0.4, -0.2) is 40.5 Å². The molecule has 0 saturated carbocycles. The highest BCUT2D eigenvalue weighted by Gasteiger charge is 2.22. The van der Waals surface area contributed by atoms with Crippen LogP contribution < -0.4 is 10.1 Å². The molecule has 1 amide bonds. The van der Waals surface area contributed by atoms with Crippen molar-refractivity contribution in [2.24, 2.45) is 0 Å². The third-order valence-corrected chi connectivity index (χ3v) is 4.77. The maximum Gasteiger partial charge on any atom is 0.272 e. The molecule has 7 heteroatoms. The smallest absolute Gasteiger partial charge is 0.272 e. The van der Waals surface area contributed by atoms with E-state index in [2.05, 4.69) is 15.5 Å². The van der Waals surface area contributed by atoms with E-state index in [0.717, 1.165) is 42.5 Å². The van der Waals surface area contributed by atoms with Crippen molar-refractivity contribution < 1.29 is 14.6 Å². The standard InChI is InChI=1S/C18H22ClN3O3/c1-11-8-13(6-7-15(11)19)25-10-12(23)9-20-18(24)17-14-4-2-3-5-16(14)21-22-17/h6-8,12,23H,2-5,9-10H2,1H3,(H,20,24)(H,21,22)/t12-/m1/s1. The lowest BCUT2D eigenvalue weighted by molar-refractivity contribution is 0.0839. The van der Waals surface area contributed by atoms with Gasteiger partial charge in [0, 0.05) is 22.8 Å². The molecule has 1 aromatic heterocycles. The number of rotatable bonds is 6. The zero-order valence-electron chi connectivity index (χ0n) is 14.1. The van der Waals surface area contributed by atoms with Gasteiger partial charge in [-0.15, -0.1) is 0 Å². The first-order valence-electron chi connectivity index (χ1n) is 8.46. The minimum Gasteiger partial charge on any atom is -0.491 e. The average molecular weight is 364 g/mol. The largest absolute Gasteiger partial charge is 0.491 e. The van der Waals surface area contributed by atoms with Crippen LogP contribution in [0.2, 0.25) is 5.02 Å². The SMILES string of the molecule is Cc1cc(OC[C@H](O)CNC(=O)c2n[nH]c3c2CCCC3)ccc1Cl. The molecule has 25 heavy (non-hydrogen) atoms. The maximum atomic E-state index is 12.3. The number of carbonyl (C=O) groups is 1. The van der Waals surface area contributed by atoms with Crippen LogP contribution in [0.15, 0.2) is 18.2 Å². The Balaban J connectivity index is 1.48. The first-order chi connectivity index (χ1) is 12.0. The summed E-state index contributed by atoms with van der Waals surface area (Å²) < 4.78 is 5.54. The number of aromatic nitrogens is 2. The molecule has 3 N–H and O–H groups in total. The molecule has 0 spiro atoms. The van der Waals surface area contributed by atoms with Gasteiger partial charge in [0.25, 0.3) is 5.91 Å². The Bertz CT molecular complexity index is 760. The molecule has 6 nitrogen and oxygen atoms in total. The number of nitrogens with zero attached hydrogens (tertiary/aromatic N) is 1. The molecule has 3 rings (SSSR count). The van der Waals surface area contributed by atoms with Gasteiger partial charge in [-0.1, -0.05) is 11.6 Å². The molecular formula is C18H22ClN3O3. The second kappa shape index (κ2) is 7.89. The molecule has 1 heterocycles. The molecule has 1 atom stereocenters. The summed E-state index contributed by atoms with van der Waals surface area (Å²) in [6.07, 6.45) is 3.19. The van der Waals surface area contributed by atoms with Gasteiger partial charge in [-0.2, -0.15) is 5.10 Å². The first-order valence-corrected chi connectivity index (χ1v) is 8.83. The summed E-state index contributed by atoms with van der Waals surface area (Å²) in [5.74, 6) is 0.370.